The number of pyridine rings is 1. The number of hydrogen-bond acceptors (Lipinski definition) is 2. The molecule has 2 heteroatoms. The number of benzene rings is 2. The maximum Gasteiger partial charge on any atom is 0.0445 e. The lowest BCUT2D eigenvalue weighted by atomic mass is 9.79. The summed E-state index contributed by atoms with van der Waals surface area (Å²) in [5, 5.41) is 2.36. The summed E-state index contributed by atoms with van der Waals surface area (Å²) in [5.74, 6) is 0. The van der Waals surface area contributed by atoms with Gasteiger partial charge in [0.15, 0.2) is 0 Å². The molecule has 0 saturated heterocycles. The van der Waals surface area contributed by atoms with Crippen molar-refractivity contribution in [1.29, 1.82) is 0 Å². The predicted molar refractivity (Wildman–Crippen MR) is 126 cm³/mol. The fourth-order valence-corrected chi connectivity index (χ4v) is 3.01. The van der Waals surface area contributed by atoms with Crippen LogP contribution in [0.4, 0.5) is 0 Å². The Labute approximate surface area is 171 Å². The quantitative estimate of drug-likeness (QED) is 0.438. The first-order valence-corrected chi connectivity index (χ1v) is 10.2. The summed E-state index contributed by atoms with van der Waals surface area (Å²) in [6.07, 6.45) is 8.02. The summed E-state index contributed by atoms with van der Waals surface area (Å²) in [4.78, 5) is 8.89. The molecule has 0 fully saturated rings. The van der Waals surface area contributed by atoms with E-state index in [0.717, 1.165) is 16.7 Å². The highest BCUT2D eigenvalue weighted by Gasteiger charge is 2.24. The highest BCUT2D eigenvalue weighted by molar-refractivity contribution is 6.06. The maximum absolute atomic E-state index is 4.54. The van der Waals surface area contributed by atoms with Crippen LogP contribution in [0.2, 0.25) is 0 Å². The normalized spacial score (nSPS) is 11.5. The SMILES string of the molecule is CC.CC.CN=C(/C=C/c1cncc2ccccc12)C(C)(C)c1ccccc1. The molecule has 2 aromatic carbocycles. The average Bonchev–Trinajstić information content (AvgIpc) is 2.77. The minimum atomic E-state index is -0.148. The molecule has 0 aliphatic carbocycles. The molecule has 1 aromatic heterocycles. The molecule has 28 heavy (non-hydrogen) atoms. The second-order valence-corrected chi connectivity index (χ2v) is 6.38. The first-order valence-electron chi connectivity index (χ1n) is 10.2. The van der Waals surface area contributed by atoms with Gasteiger partial charge >= 0.3 is 0 Å². The van der Waals surface area contributed by atoms with E-state index in [-0.39, 0.29) is 5.41 Å². The summed E-state index contributed by atoms with van der Waals surface area (Å²) in [7, 11) is 1.85. The molecule has 0 radical (unpaired) electrons. The van der Waals surface area contributed by atoms with Gasteiger partial charge in [0.05, 0.1) is 0 Å². The third-order valence-electron chi connectivity index (χ3n) is 4.50. The molecule has 148 valence electrons. The Hall–Kier alpha value is -2.74. The van der Waals surface area contributed by atoms with E-state index >= 15 is 0 Å². The number of fused-ring (bicyclic) bond motifs is 1. The molecule has 0 bridgehead atoms. The van der Waals surface area contributed by atoms with Crippen molar-refractivity contribution in [3.8, 4) is 0 Å². The standard InChI is InChI=1S/C22H22N2.2C2H6/c1-22(2,19-10-5-4-6-11-19)21(23-3)14-13-18-16-24-15-17-9-7-8-12-20(17)18;2*1-2/h4-16H,1-3H3;2*1-2H3/b14-13+,23-21?;;. The van der Waals surface area contributed by atoms with Crippen LogP contribution in [0, 0.1) is 0 Å². The maximum atomic E-state index is 4.54. The van der Waals surface area contributed by atoms with Crippen LogP contribution in [0.1, 0.15) is 52.7 Å². The lowest BCUT2D eigenvalue weighted by molar-refractivity contribution is 0.719. The zero-order chi connectivity index (χ0) is 21.0. The van der Waals surface area contributed by atoms with Crippen LogP contribution < -0.4 is 0 Å². The van der Waals surface area contributed by atoms with Crippen LogP contribution in [0.5, 0.6) is 0 Å². The predicted octanol–water partition coefficient (Wildman–Crippen LogP) is 7.35. The van der Waals surface area contributed by atoms with Crippen molar-refractivity contribution < 1.29 is 0 Å². The monoisotopic (exact) mass is 374 g/mol. The summed E-state index contributed by atoms with van der Waals surface area (Å²) in [6, 6.07) is 18.8. The Kier molecular flexibility index (Phi) is 9.87. The molecular weight excluding hydrogens is 340 g/mol. The van der Waals surface area contributed by atoms with Gasteiger partial charge in [-0.3, -0.25) is 9.98 Å². The summed E-state index contributed by atoms with van der Waals surface area (Å²) < 4.78 is 0. The number of nitrogens with zero attached hydrogens (tertiary/aromatic N) is 2. The molecule has 0 unspecified atom stereocenters. The number of rotatable bonds is 4. The Balaban J connectivity index is 0.000000921. The third-order valence-corrected chi connectivity index (χ3v) is 4.50. The van der Waals surface area contributed by atoms with Crippen LogP contribution in [-0.2, 0) is 5.41 Å². The van der Waals surface area contributed by atoms with Gasteiger partial charge in [-0.25, -0.2) is 0 Å². The van der Waals surface area contributed by atoms with Gasteiger partial charge < -0.3 is 0 Å². The number of hydrogen-bond donors (Lipinski definition) is 0. The first kappa shape index (κ1) is 23.3. The van der Waals surface area contributed by atoms with Crippen molar-refractivity contribution in [2.45, 2.75) is 47.0 Å². The fourth-order valence-electron chi connectivity index (χ4n) is 3.01. The Bertz CT molecular complexity index is 885. The zero-order valence-electron chi connectivity index (χ0n) is 18.4. The highest BCUT2D eigenvalue weighted by Crippen LogP contribution is 2.26. The smallest absolute Gasteiger partial charge is 0.0445 e. The van der Waals surface area contributed by atoms with E-state index < -0.39 is 0 Å². The Morgan fingerprint density at radius 3 is 2.11 bits per heavy atom. The largest absolute Gasteiger partial charge is 0.292 e. The molecule has 0 atom stereocenters. The minimum absolute atomic E-state index is 0.148. The van der Waals surface area contributed by atoms with E-state index in [1.165, 1.54) is 10.9 Å². The van der Waals surface area contributed by atoms with Gasteiger partial charge in [0, 0.05) is 41.5 Å². The van der Waals surface area contributed by atoms with Crippen molar-refractivity contribution in [3.63, 3.8) is 0 Å². The molecular formula is C26H34N2. The molecule has 0 aliphatic rings. The second kappa shape index (κ2) is 11.9. The lowest BCUT2D eigenvalue weighted by Crippen LogP contribution is -2.27. The molecule has 0 aliphatic heterocycles. The summed E-state index contributed by atoms with van der Waals surface area (Å²) >= 11 is 0. The molecule has 0 N–H and O–H groups in total. The van der Waals surface area contributed by atoms with Gasteiger partial charge in [0.1, 0.15) is 0 Å². The van der Waals surface area contributed by atoms with E-state index in [9.17, 15) is 0 Å². The molecule has 0 saturated carbocycles. The molecule has 2 nitrogen and oxygen atoms in total. The number of aromatic nitrogens is 1. The summed E-state index contributed by atoms with van der Waals surface area (Å²) in [5.41, 5.74) is 3.26. The third kappa shape index (κ3) is 5.63. The van der Waals surface area contributed by atoms with Crippen molar-refractivity contribution in [3.05, 3.63) is 84.2 Å². The Morgan fingerprint density at radius 2 is 1.46 bits per heavy atom. The highest BCUT2D eigenvalue weighted by atomic mass is 14.7. The molecule has 0 amide bonds. The topological polar surface area (TPSA) is 25.2 Å². The van der Waals surface area contributed by atoms with Gasteiger partial charge in [-0.1, -0.05) is 102 Å². The molecule has 0 spiro atoms. The van der Waals surface area contributed by atoms with E-state index in [1.54, 1.807) is 0 Å². The van der Waals surface area contributed by atoms with Gasteiger partial charge in [-0.15, -0.1) is 0 Å². The van der Waals surface area contributed by atoms with Crippen molar-refractivity contribution in [2.75, 3.05) is 7.05 Å². The van der Waals surface area contributed by atoms with Gasteiger partial charge in [0.25, 0.3) is 0 Å². The van der Waals surface area contributed by atoms with E-state index in [0.29, 0.717) is 0 Å². The van der Waals surface area contributed by atoms with Crippen molar-refractivity contribution >= 4 is 22.6 Å². The summed E-state index contributed by atoms with van der Waals surface area (Å²) in [6.45, 7) is 12.4. The second-order valence-electron chi connectivity index (χ2n) is 6.38. The number of aliphatic imine (C=N–C) groups is 1. The van der Waals surface area contributed by atoms with Crippen LogP contribution in [0.25, 0.3) is 16.8 Å². The minimum Gasteiger partial charge on any atom is -0.292 e. The number of allylic oxidation sites excluding steroid dienone is 1. The fraction of sp³-hybridized carbons (Fsp3) is 0.308. The first-order chi connectivity index (χ1) is 13.6. The van der Waals surface area contributed by atoms with Crippen molar-refractivity contribution in [2.24, 2.45) is 4.99 Å². The van der Waals surface area contributed by atoms with Gasteiger partial charge in [-0.05, 0) is 17.0 Å². The van der Waals surface area contributed by atoms with Crippen molar-refractivity contribution in [1.82, 2.24) is 4.98 Å². The van der Waals surface area contributed by atoms with Crippen LogP contribution in [-0.4, -0.2) is 17.7 Å². The van der Waals surface area contributed by atoms with Gasteiger partial charge in [-0.2, -0.15) is 0 Å². The van der Waals surface area contributed by atoms with Crippen LogP contribution >= 0.6 is 0 Å². The Morgan fingerprint density at radius 1 is 0.857 bits per heavy atom. The van der Waals surface area contributed by atoms with Crippen LogP contribution in [0.3, 0.4) is 0 Å². The lowest BCUT2D eigenvalue weighted by Gasteiger charge is -2.25. The van der Waals surface area contributed by atoms with Crippen LogP contribution in [0.15, 0.2) is 78.1 Å². The van der Waals surface area contributed by atoms with E-state index in [4.69, 9.17) is 0 Å². The zero-order valence-corrected chi connectivity index (χ0v) is 18.4. The molecule has 3 rings (SSSR count). The van der Waals surface area contributed by atoms with E-state index in [2.05, 4.69) is 78.4 Å². The average molecular weight is 375 g/mol. The van der Waals surface area contributed by atoms with Gasteiger partial charge in [0.2, 0.25) is 0 Å². The molecule has 3 aromatic rings. The molecule has 1 heterocycles. The van der Waals surface area contributed by atoms with E-state index in [1.807, 2.05) is 59.3 Å².